The van der Waals surface area contributed by atoms with E-state index in [1.165, 1.54) is 24.1 Å². The number of likely N-dealkylation sites (N-methyl/N-ethyl adjacent to an activating group) is 1. The minimum absolute atomic E-state index is 0.103. The maximum Gasteiger partial charge on any atom is 0.249 e. The largest absolute Gasteiger partial charge is 0.340 e. The van der Waals surface area contributed by atoms with Gasteiger partial charge in [0.25, 0.3) is 0 Å². The molecule has 3 heterocycles. The summed E-state index contributed by atoms with van der Waals surface area (Å²) in [5.41, 5.74) is 3.58. The van der Waals surface area contributed by atoms with Gasteiger partial charge in [0.05, 0.1) is 5.69 Å². The highest BCUT2D eigenvalue weighted by Crippen LogP contribution is 2.42. The third kappa shape index (κ3) is 2.60. The molecule has 1 fully saturated rings. The topological polar surface area (TPSA) is 39.7 Å². The van der Waals surface area contributed by atoms with Crippen molar-refractivity contribution in [3.05, 3.63) is 42.0 Å². The number of anilines is 4. The number of para-hydroxylation sites is 1. The van der Waals surface area contributed by atoms with Crippen molar-refractivity contribution in [2.24, 2.45) is 0 Å². The molecule has 5 nitrogen and oxygen atoms in total. The SMILES string of the molecule is CC[C@@H]1C(=O)N(C)c2ccc(N3CCc4ccccc43)nc2N1C1CCCC1. The standard InChI is InChI=1S/C23H28N4O/c1-3-18-23(28)25(2)20-12-13-21(24-22(20)27(18)17-9-5-6-10-17)26-15-14-16-8-4-7-11-19(16)26/h4,7-8,11-13,17-18H,3,5-6,9-10,14-15H2,1-2H3/t18-/m1/s1. The van der Waals surface area contributed by atoms with E-state index in [-0.39, 0.29) is 11.9 Å². The van der Waals surface area contributed by atoms with Crippen molar-refractivity contribution in [2.75, 3.05) is 28.3 Å². The first kappa shape index (κ1) is 17.5. The monoisotopic (exact) mass is 376 g/mol. The number of pyridine rings is 1. The Morgan fingerprint density at radius 1 is 1.07 bits per heavy atom. The Morgan fingerprint density at radius 2 is 1.86 bits per heavy atom. The molecular formula is C23H28N4O. The summed E-state index contributed by atoms with van der Waals surface area (Å²) >= 11 is 0. The first-order chi connectivity index (χ1) is 13.7. The van der Waals surface area contributed by atoms with Crippen molar-refractivity contribution in [3.8, 4) is 0 Å². The molecule has 1 aromatic carbocycles. The molecule has 2 aliphatic heterocycles. The molecule has 28 heavy (non-hydrogen) atoms. The highest BCUT2D eigenvalue weighted by atomic mass is 16.2. The fourth-order valence-electron chi connectivity index (χ4n) is 5.20. The van der Waals surface area contributed by atoms with Crippen LogP contribution in [0.4, 0.5) is 23.0 Å². The first-order valence-corrected chi connectivity index (χ1v) is 10.6. The molecule has 3 aliphatic rings. The van der Waals surface area contributed by atoms with Crippen LogP contribution in [0.3, 0.4) is 0 Å². The number of hydrogen-bond donors (Lipinski definition) is 0. The lowest BCUT2D eigenvalue weighted by atomic mass is 10.0. The summed E-state index contributed by atoms with van der Waals surface area (Å²) in [6.45, 7) is 3.07. The Kier molecular flexibility index (Phi) is 4.26. The molecular weight excluding hydrogens is 348 g/mol. The van der Waals surface area contributed by atoms with Gasteiger partial charge >= 0.3 is 0 Å². The van der Waals surface area contributed by atoms with Crippen LogP contribution in [-0.2, 0) is 11.2 Å². The van der Waals surface area contributed by atoms with Gasteiger partial charge in [-0.3, -0.25) is 4.79 Å². The van der Waals surface area contributed by atoms with Crippen LogP contribution in [0.5, 0.6) is 0 Å². The molecule has 0 radical (unpaired) electrons. The molecule has 0 bridgehead atoms. The molecule has 1 aliphatic carbocycles. The Balaban J connectivity index is 1.60. The normalized spacial score (nSPS) is 22.0. The molecule has 5 heteroatoms. The second kappa shape index (κ2) is 6.80. The lowest BCUT2D eigenvalue weighted by Gasteiger charge is -2.44. The van der Waals surface area contributed by atoms with E-state index < -0.39 is 0 Å². The number of carbonyl (C=O) groups is 1. The summed E-state index contributed by atoms with van der Waals surface area (Å²) in [6, 6.07) is 13.1. The zero-order valence-electron chi connectivity index (χ0n) is 16.8. The van der Waals surface area contributed by atoms with Crippen molar-refractivity contribution in [1.82, 2.24) is 4.98 Å². The van der Waals surface area contributed by atoms with Crippen LogP contribution in [-0.4, -0.2) is 36.6 Å². The van der Waals surface area contributed by atoms with Crippen molar-refractivity contribution in [3.63, 3.8) is 0 Å². The average Bonchev–Trinajstić information content (AvgIpc) is 3.40. The van der Waals surface area contributed by atoms with Crippen molar-refractivity contribution >= 4 is 28.9 Å². The van der Waals surface area contributed by atoms with E-state index in [0.29, 0.717) is 6.04 Å². The Morgan fingerprint density at radius 3 is 2.64 bits per heavy atom. The summed E-state index contributed by atoms with van der Waals surface area (Å²) in [6.07, 6.45) is 6.68. The van der Waals surface area contributed by atoms with Crippen molar-refractivity contribution in [1.29, 1.82) is 0 Å². The summed E-state index contributed by atoms with van der Waals surface area (Å²) in [5.74, 6) is 2.18. The fourth-order valence-corrected chi connectivity index (χ4v) is 5.20. The molecule has 1 aromatic heterocycles. The number of nitrogens with zero attached hydrogens (tertiary/aromatic N) is 4. The zero-order valence-corrected chi connectivity index (χ0v) is 16.8. The molecule has 1 saturated carbocycles. The third-order valence-electron chi connectivity index (χ3n) is 6.67. The van der Waals surface area contributed by atoms with Crippen molar-refractivity contribution < 1.29 is 4.79 Å². The number of amides is 1. The molecule has 0 unspecified atom stereocenters. The minimum Gasteiger partial charge on any atom is -0.340 e. The van der Waals surface area contributed by atoms with E-state index in [0.717, 1.165) is 49.6 Å². The summed E-state index contributed by atoms with van der Waals surface area (Å²) in [5, 5.41) is 0. The Labute approximate surface area is 167 Å². The summed E-state index contributed by atoms with van der Waals surface area (Å²) < 4.78 is 0. The first-order valence-electron chi connectivity index (χ1n) is 10.6. The van der Waals surface area contributed by atoms with Gasteiger partial charge in [-0.05, 0) is 49.4 Å². The molecule has 5 rings (SSSR count). The van der Waals surface area contributed by atoms with E-state index in [1.54, 1.807) is 0 Å². The van der Waals surface area contributed by atoms with Crippen LogP contribution in [0.15, 0.2) is 36.4 Å². The van der Waals surface area contributed by atoms with Crippen molar-refractivity contribution in [2.45, 2.75) is 57.5 Å². The summed E-state index contributed by atoms with van der Waals surface area (Å²) in [4.78, 5) is 24.7. The van der Waals surface area contributed by atoms with Gasteiger partial charge in [0, 0.05) is 25.3 Å². The molecule has 1 atom stereocenters. The fraction of sp³-hybridized carbons (Fsp3) is 0.478. The summed E-state index contributed by atoms with van der Waals surface area (Å²) in [7, 11) is 1.89. The van der Waals surface area contributed by atoms with Crippen LogP contribution in [0.25, 0.3) is 0 Å². The number of rotatable bonds is 3. The van der Waals surface area contributed by atoms with Crippen LogP contribution >= 0.6 is 0 Å². The third-order valence-corrected chi connectivity index (χ3v) is 6.67. The minimum atomic E-state index is -0.103. The average molecular weight is 377 g/mol. The predicted octanol–water partition coefficient (Wildman–Crippen LogP) is 4.28. The number of fused-ring (bicyclic) bond motifs is 2. The smallest absolute Gasteiger partial charge is 0.249 e. The lowest BCUT2D eigenvalue weighted by Crippen LogP contribution is -2.55. The zero-order chi connectivity index (χ0) is 19.3. The number of benzene rings is 1. The second-order valence-electron chi connectivity index (χ2n) is 8.21. The van der Waals surface area contributed by atoms with E-state index in [1.807, 2.05) is 11.9 Å². The van der Waals surface area contributed by atoms with Gasteiger partial charge in [-0.2, -0.15) is 0 Å². The quantitative estimate of drug-likeness (QED) is 0.802. The Hall–Kier alpha value is -2.56. The van der Waals surface area contributed by atoms with E-state index in [9.17, 15) is 4.79 Å². The van der Waals surface area contributed by atoms with Gasteiger partial charge in [-0.15, -0.1) is 0 Å². The van der Waals surface area contributed by atoms with Crippen LogP contribution in [0, 0.1) is 0 Å². The van der Waals surface area contributed by atoms with Gasteiger partial charge in [0.15, 0.2) is 5.82 Å². The van der Waals surface area contributed by atoms with E-state index in [2.05, 4.69) is 53.1 Å². The molecule has 1 amide bonds. The predicted molar refractivity (Wildman–Crippen MR) is 114 cm³/mol. The number of hydrogen-bond acceptors (Lipinski definition) is 4. The maximum atomic E-state index is 13.0. The lowest BCUT2D eigenvalue weighted by molar-refractivity contribution is -0.120. The number of carbonyl (C=O) groups excluding carboxylic acids is 1. The Bertz CT molecular complexity index is 905. The highest BCUT2D eigenvalue weighted by Gasteiger charge is 2.41. The van der Waals surface area contributed by atoms with Gasteiger partial charge in [-0.1, -0.05) is 38.0 Å². The van der Waals surface area contributed by atoms with E-state index in [4.69, 9.17) is 4.98 Å². The molecule has 0 N–H and O–H groups in total. The van der Waals surface area contributed by atoms with Crippen LogP contribution in [0.2, 0.25) is 0 Å². The van der Waals surface area contributed by atoms with Gasteiger partial charge < -0.3 is 14.7 Å². The second-order valence-corrected chi connectivity index (χ2v) is 8.21. The van der Waals surface area contributed by atoms with Crippen LogP contribution < -0.4 is 14.7 Å². The van der Waals surface area contributed by atoms with Gasteiger partial charge in [-0.25, -0.2) is 4.98 Å². The van der Waals surface area contributed by atoms with E-state index >= 15 is 0 Å². The van der Waals surface area contributed by atoms with Gasteiger partial charge in [0.1, 0.15) is 11.9 Å². The number of aromatic nitrogens is 1. The van der Waals surface area contributed by atoms with Gasteiger partial charge in [0.2, 0.25) is 5.91 Å². The molecule has 146 valence electrons. The van der Waals surface area contributed by atoms with Crippen LogP contribution in [0.1, 0.15) is 44.6 Å². The maximum absolute atomic E-state index is 13.0. The highest BCUT2D eigenvalue weighted by molar-refractivity contribution is 6.04. The molecule has 0 saturated heterocycles. The molecule has 0 spiro atoms. The molecule has 2 aromatic rings.